The molecular weight excluding hydrogens is 454 g/mol. The number of amides is 3. The summed E-state index contributed by atoms with van der Waals surface area (Å²) in [5, 5.41) is 5.64. The van der Waals surface area contributed by atoms with Crippen LogP contribution in [0.3, 0.4) is 0 Å². The number of nitrogens with zero attached hydrogens (tertiary/aromatic N) is 1. The summed E-state index contributed by atoms with van der Waals surface area (Å²) in [6.45, 7) is 4.45. The molecule has 202 valence electrons. The van der Waals surface area contributed by atoms with Gasteiger partial charge in [-0.3, -0.25) is 14.4 Å². The summed E-state index contributed by atoms with van der Waals surface area (Å²) in [6, 6.07) is 7.25. The maximum absolute atomic E-state index is 13.1. The molecule has 2 aliphatic carbocycles. The van der Waals surface area contributed by atoms with Crippen molar-refractivity contribution in [2.45, 2.75) is 96.2 Å². The highest BCUT2D eigenvalue weighted by molar-refractivity contribution is 5.92. The molecule has 0 spiro atoms. The summed E-state index contributed by atoms with van der Waals surface area (Å²) in [6.07, 6.45) is 10.8. The number of benzene rings is 1. The molecule has 3 atom stereocenters. The second-order valence-corrected chi connectivity index (χ2v) is 9.85. The number of likely N-dealkylation sites (N-methyl/N-ethyl adjacent to an activating group) is 1. The molecule has 1 saturated heterocycles. The third-order valence-corrected chi connectivity index (χ3v) is 7.25. The molecule has 36 heavy (non-hydrogen) atoms. The van der Waals surface area contributed by atoms with Crippen molar-refractivity contribution in [3.8, 4) is 0 Å². The molecule has 8 nitrogen and oxygen atoms in total. The minimum atomic E-state index is -0.681. The lowest BCUT2D eigenvalue weighted by Gasteiger charge is -2.34. The molecule has 4 rings (SSSR count). The highest BCUT2D eigenvalue weighted by Crippen LogP contribution is 2.29. The standard InChI is InChI=1S/C16H29N5O3.C10H12.C2H6/c1-19-8-13(22)20-14(10-5-3-2-4-6-10)16(24)21-9-11(17)7-12(21)15(18)23;1-2-6-10-8-4-3-7-9(10)5-1;1-2/h10-12,14,19H,2-9,17H2,1H3,(H2,18,23)(H,20,22);1-2,5-6H,3-4,7-8H2;1-2H3. The number of nitrogens with one attached hydrogen (secondary N) is 2. The van der Waals surface area contributed by atoms with E-state index in [1.165, 1.54) is 30.6 Å². The Kier molecular flexibility index (Phi) is 12.9. The number of aryl methyl sites for hydroxylation is 2. The van der Waals surface area contributed by atoms with E-state index in [-0.39, 0.29) is 30.3 Å². The fourth-order valence-electron chi connectivity index (χ4n) is 5.47. The number of carbonyl (C=O) groups is 3. The zero-order valence-corrected chi connectivity index (χ0v) is 22.4. The summed E-state index contributed by atoms with van der Waals surface area (Å²) >= 11 is 0. The average Bonchev–Trinajstić information content (AvgIpc) is 3.31. The van der Waals surface area contributed by atoms with Gasteiger partial charge in [-0.1, -0.05) is 57.4 Å². The number of nitrogens with two attached hydrogens (primary N) is 2. The monoisotopic (exact) mass is 501 g/mol. The molecule has 1 saturated carbocycles. The van der Waals surface area contributed by atoms with E-state index >= 15 is 0 Å². The Labute approximate surface area is 216 Å². The number of primary amides is 1. The quantitative estimate of drug-likeness (QED) is 0.475. The third-order valence-electron chi connectivity index (χ3n) is 7.25. The largest absolute Gasteiger partial charge is 0.368 e. The summed E-state index contributed by atoms with van der Waals surface area (Å²) in [4.78, 5) is 38.2. The Morgan fingerprint density at radius 1 is 1.00 bits per heavy atom. The first-order chi connectivity index (χ1) is 17.4. The van der Waals surface area contributed by atoms with Crippen LogP contribution in [0, 0.1) is 5.92 Å². The molecule has 6 N–H and O–H groups in total. The van der Waals surface area contributed by atoms with Crippen LogP contribution >= 0.6 is 0 Å². The van der Waals surface area contributed by atoms with E-state index in [9.17, 15) is 14.4 Å². The van der Waals surface area contributed by atoms with Crippen LogP contribution in [0.2, 0.25) is 0 Å². The predicted octanol–water partition coefficient (Wildman–Crippen LogP) is 2.28. The van der Waals surface area contributed by atoms with Crippen LogP contribution in [0.5, 0.6) is 0 Å². The van der Waals surface area contributed by atoms with Crippen LogP contribution in [-0.2, 0) is 27.2 Å². The molecule has 3 aliphatic rings. The molecule has 0 bridgehead atoms. The Bertz CT molecular complexity index is 815. The van der Waals surface area contributed by atoms with Crippen molar-refractivity contribution in [1.82, 2.24) is 15.5 Å². The molecule has 0 aromatic heterocycles. The minimum absolute atomic E-state index is 0.0948. The van der Waals surface area contributed by atoms with Crippen LogP contribution in [0.25, 0.3) is 0 Å². The van der Waals surface area contributed by atoms with Crippen LogP contribution < -0.4 is 22.1 Å². The summed E-state index contributed by atoms with van der Waals surface area (Å²) in [5.41, 5.74) is 14.5. The average molecular weight is 502 g/mol. The van der Waals surface area contributed by atoms with Crippen molar-refractivity contribution >= 4 is 17.7 Å². The minimum Gasteiger partial charge on any atom is -0.368 e. The SMILES string of the molecule is CC.CNCC(=O)NC(C(=O)N1CC(N)CC1C(N)=O)C1CCCCC1.c1ccc2c(c1)CCCC2. The van der Waals surface area contributed by atoms with Crippen LogP contribution in [-0.4, -0.2) is 60.9 Å². The lowest BCUT2D eigenvalue weighted by molar-refractivity contribution is -0.142. The number of fused-ring (bicyclic) bond motifs is 1. The fraction of sp³-hybridized carbons (Fsp3) is 0.679. The van der Waals surface area contributed by atoms with Crippen LogP contribution in [0.15, 0.2) is 24.3 Å². The molecule has 1 aromatic rings. The zero-order valence-electron chi connectivity index (χ0n) is 22.4. The normalized spacial score (nSPS) is 22.2. The molecule has 1 aromatic carbocycles. The number of hydrogen-bond acceptors (Lipinski definition) is 5. The van der Waals surface area contributed by atoms with Gasteiger partial charge in [0.1, 0.15) is 12.1 Å². The van der Waals surface area contributed by atoms with E-state index in [0.29, 0.717) is 13.0 Å². The second kappa shape index (κ2) is 15.6. The van der Waals surface area contributed by atoms with Gasteiger partial charge in [0.25, 0.3) is 0 Å². The van der Waals surface area contributed by atoms with Crippen molar-refractivity contribution in [2.75, 3.05) is 20.1 Å². The van der Waals surface area contributed by atoms with Gasteiger partial charge in [-0.25, -0.2) is 0 Å². The Morgan fingerprint density at radius 3 is 2.11 bits per heavy atom. The van der Waals surface area contributed by atoms with Crippen molar-refractivity contribution < 1.29 is 14.4 Å². The van der Waals surface area contributed by atoms with Crippen LogP contribution in [0.1, 0.15) is 76.3 Å². The Morgan fingerprint density at radius 2 is 1.58 bits per heavy atom. The molecule has 3 amide bonds. The van der Waals surface area contributed by atoms with Gasteiger partial charge >= 0.3 is 0 Å². The smallest absolute Gasteiger partial charge is 0.246 e. The van der Waals surface area contributed by atoms with E-state index in [2.05, 4.69) is 34.9 Å². The van der Waals surface area contributed by atoms with E-state index in [4.69, 9.17) is 11.5 Å². The van der Waals surface area contributed by atoms with Gasteiger partial charge in [-0.2, -0.15) is 0 Å². The zero-order chi connectivity index (χ0) is 26.5. The van der Waals surface area contributed by atoms with E-state index in [1.807, 2.05) is 13.8 Å². The first-order valence-electron chi connectivity index (χ1n) is 13.8. The maximum Gasteiger partial charge on any atom is 0.246 e. The molecule has 3 unspecified atom stereocenters. The molecule has 1 heterocycles. The van der Waals surface area contributed by atoms with E-state index in [0.717, 1.165) is 32.1 Å². The van der Waals surface area contributed by atoms with Gasteiger partial charge in [0.05, 0.1) is 6.54 Å². The van der Waals surface area contributed by atoms with Gasteiger partial charge in [0, 0.05) is 12.6 Å². The predicted molar refractivity (Wildman–Crippen MR) is 144 cm³/mol. The van der Waals surface area contributed by atoms with Gasteiger partial charge < -0.3 is 27.0 Å². The highest BCUT2D eigenvalue weighted by atomic mass is 16.2. The Hall–Kier alpha value is -2.45. The molecule has 1 aliphatic heterocycles. The maximum atomic E-state index is 13.1. The first kappa shape index (κ1) is 29.8. The number of likely N-dealkylation sites (tertiary alicyclic amines) is 1. The molecule has 8 heteroatoms. The van der Waals surface area contributed by atoms with Gasteiger partial charge in [-0.15, -0.1) is 0 Å². The summed E-state index contributed by atoms with van der Waals surface area (Å²) in [7, 11) is 1.68. The van der Waals surface area contributed by atoms with E-state index < -0.39 is 18.0 Å². The lowest BCUT2D eigenvalue weighted by atomic mass is 9.83. The van der Waals surface area contributed by atoms with Crippen molar-refractivity contribution in [3.63, 3.8) is 0 Å². The lowest BCUT2D eigenvalue weighted by Crippen LogP contribution is -2.56. The summed E-state index contributed by atoms with van der Waals surface area (Å²) < 4.78 is 0. The van der Waals surface area contributed by atoms with Crippen molar-refractivity contribution in [1.29, 1.82) is 0 Å². The molecule has 0 radical (unpaired) electrons. The molecule has 2 fully saturated rings. The fourth-order valence-corrected chi connectivity index (χ4v) is 5.47. The topological polar surface area (TPSA) is 131 Å². The van der Waals surface area contributed by atoms with Gasteiger partial charge in [0.15, 0.2) is 0 Å². The van der Waals surface area contributed by atoms with Crippen molar-refractivity contribution in [3.05, 3.63) is 35.4 Å². The number of hydrogen-bond donors (Lipinski definition) is 4. The van der Waals surface area contributed by atoms with Crippen LogP contribution in [0.4, 0.5) is 0 Å². The molecular formula is C28H47N5O3. The van der Waals surface area contributed by atoms with Crippen molar-refractivity contribution in [2.24, 2.45) is 17.4 Å². The number of rotatable bonds is 6. The second-order valence-electron chi connectivity index (χ2n) is 9.85. The van der Waals surface area contributed by atoms with Gasteiger partial charge in [0.2, 0.25) is 17.7 Å². The first-order valence-corrected chi connectivity index (χ1v) is 13.8. The Balaban J connectivity index is 0.000000313. The highest BCUT2D eigenvalue weighted by Gasteiger charge is 2.42. The van der Waals surface area contributed by atoms with Gasteiger partial charge in [-0.05, 0) is 69.0 Å². The third kappa shape index (κ3) is 8.59. The van der Waals surface area contributed by atoms with E-state index in [1.54, 1.807) is 18.2 Å². The summed E-state index contributed by atoms with van der Waals surface area (Å²) in [5.74, 6) is -0.902. The number of carbonyl (C=O) groups excluding carboxylic acids is 3.